The van der Waals surface area contributed by atoms with E-state index in [1.165, 1.54) is 11.3 Å². The fourth-order valence-corrected chi connectivity index (χ4v) is 3.40. The molecule has 1 aliphatic rings. The molecular formula is C18H13ClN2O3S. The highest BCUT2D eigenvalue weighted by molar-refractivity contribution is 7.14. The fourth-order valence-electron chi connectivity index (χ4n) is 2.46. The number of amides is 1. The molecule has 3 aromatic rings. The van der Waals surface area contributed by atoms with Gasteiger partial charge in [-0.05, 0) is 18.2 Å². The predicted octanol–water partition coefficient (Wildman–Crippen LogP) is 4.24. The van der Waals surface area contributed by atoms with E-state index in [-0.39, 0.29) is 12.5 Å². The number of rotatable bonds is 3. The zero-order valence-corrected chi connectivity index (χ0v) is 14.5. The number of thiazole rings is 1. The number of carbonyl (C=O) groups excluding carboxylic acids is 1. The predicted molar refractivity (Wildman–Crippen MR) is 97.5 cm³/mol. The zero-order chi connectivity index (χ0) is 17.2. The van der Waals surface area contributed by atoms with E-state index >= 15 is 0 Å². The SMILES string of the molecule is O=C(Nc1nc(-c2ccccc2Cl)cs1)[C@@H]1COc2ccccc2O1. The molecule has 0 radical (unpaired) electrons. The molecule has 2 aromatic carbocycles. The second kappa shape index (κ2) is 6.74. The molecular weight excluding hydrogens is 360 g/mol. The average Bonchev–Trinajstić information content (AvgIpc) is 3.10. The van der Waals surface area contributed by atoms with Gasteiger partial charge in [0.2, 0.25) is 6.10 Å². The minimum atomic E-state index is -0.720. The molecule has 1 N–H and O–H groups in total. The lowest BCUT2D eigenvalue weighted by atomic mass is 10.2. The quantitative estimate of drug-likeness (QED) is 0.747. The Morgan fingerprint density at radius 2 is 1.92 bits per heavy atom. The molecule has 1 aromatic heterocycles. The fraction of sp³-hybridized carbons (Fsp3) is 0.111. The number of carbonyl (C=O) groups is 1. The Labute approximate surface area is 153 Å². The summed E-state index contributed by atoms with van der Waals surface area (Å²) >= 11 is 7.52. The van der Waals surface area contributed by atoms with Crippen LogP contribution in [0.15, 0.2) is 53.9 Å². The molecule has 0 saturated heterocycles. The highest BCUT2D eigenvalue weighted by Crippen LogP contribution is 2.32. The molecule has 0 spiro atoms. The maximum absolute atomic E-state index is 12.4. The molecule has 5 nitrogen and oxygen atoms in total. The van der Waals surface area contributed by atoms with Crippen LogP contribution in [0.4, 0.5) is 5.13 Å². The van der Waals surface area contributed by atoms with E-state index in [1.54, 1.807) is 18.2 Å². The maximum atomic E-state index is 12.4. The highest BCUT2D eigenvalue weighted by Gasteiger charge is 2.27. The van der Waals surface area contributed by atoms with Crippen LogP contribution in [0.1, 0.15) is 0 Å². The van der Waals surface area contributed by atoms with E-state index in [1.807, 2.05) is 35.7 Å². The van der Waals surface area contributed by atoms with Gasteiger partial charge in [0.25, 0.3) is 5.91 Å². The summed E-state index contributed by atoms with van der Waals surface area (Å²) in [5.41, 5.74) is 1.55. The summed E-state index contributed by atoms with van der Waals surface area (Å²) in [5.74, 6) is 0.904. The molecule has 0 unspecified atom stereocenters. The number of para-hydroxylation sites is 2. The molecule has 4 rings (SSSR count). The van der Waals surface area contributed by atoms with Crippen molar-refractivity contribution in [1.82, 2.24) is 4.98 Å². The Morgan fingerprint density at radius 3 is 2.76 bits per heavy atom. The molecule has 25 heavy (non-hydrogen) atoms. The van der Waals surface area contributed by atoms with Crippen molar-refractivity contribution >= 4 is 34.0 Å². The lowest BCUT2D eigenvalue weighted by molar-refractivity contribution is -0.125. The summed E-state index contributed by atoms with van der Waals surface area (Å²) < 4.78 is 11.3. The van der Waals surface area contributed by atoms with Gasteiger partial charge in [-0.25, -0.2) is 4.98 Å². The first-order chi connectivity index (χ1) is 12.2. The lowest BCUT2D eigenvalue weighted by Crippen LogP contribution is -2.40. The Balaban J connectivity index is 1.47. The van der Waals surface area contributed by atoms with Gasteiger partial charge in [-0.15, -0.1) is 11.3 Å². The minimum Gasteiger partial charge on any atom is -0.485 e. The van der Waals surface area contributed by atoms with Crippen molar-refractivity contribution < 1.29 is 14.3 Å². The van der Waals surface area contributed by atoms with Gasteiger partial charge in [0.15, 0.2) is 16.6 Å². The molecule has 1 aliphatic heterocycles. The van der Waals surface area contributed by atoms with Crippen LogP contribution in [0, 0.1) is 0 Å². The Kier molecular flexibility index (Phi) is 4.29. The third-order valence-electron chi connectivity index (χ3n) is 3.69. The minimum absolute atomic E-state index is 0.158. The smallest absolute Gasteiger partial charge is 0.270 e. The van der Waals surface area contributed by atoms with Gasteiger partial charge in [0, 0.05) is 16.0 Å². The summed E-state index contributed by atoms with van der Waals surface area (Å²) in [5, 5.41) is 5.73. The topological polar surface area (TPSA) is 60.5 Å². The number of aromatic nitrogens is 1. The molecule has 126 valence electrons. The van der Waals surface area contributed by atoms with Crippen molar-refractivity contribution in [2.45, 2.75) is 6.10 Å². The monoisotopic (exact) mass is 372 g/mol. The number of benzene rings is 2. The summed E-state index contributed by atoms with van der Waals surface area (Å²) in [7, 11) is 0. The number of halogens is 1. The third kappa shape index (κ3) is 3.31. The Morgan fingerprint density at radius 1 is 1.16 bits per heavy atom. The van der Waals surface area contributed by atoms with Crippen LogP contribution < -0.4 is 14.8 Å². The van der Waals surface area contributed by atoms with Crippen molar-refractivity contribution in [1.29, 1.82) is 0 Å². The number of ether oxygens (including phenoxy) is 2. The van der Waals surface area contributed by atoms with E-state index in [2.05, 4.69) is 10.3 Å². The molecule has 0 saturated carbocycles. The van der Waals surface area contributed by atoms with E-state index < -0.39 is 6.10 Å². The summed E-state index contributed by atoms with van der Waals surface area (Å²) in [4.78, 5) is 16.8. The van der Waals surface area contributed by atoms with Gasteiger partial charge in [-0.2, -0.15) is 0 Å². The molecule has 1 amide bonds. The molecule has 0 fully saturated rings. The first-order valence-electron chi connectivity index (χ1n) is 7.60. The van der Waals surface area contributed by atoms with Crippen LogP contribution in [-0.4, -0.2) is 23.6 Å². The van der Waals surface area contributed by atoms with Gasteiger partial charge < -0.3 is 9.47 Å². The average molecular weight is 373 g/mol. The first-order valence-corrected chi connectivity index (χ1v) is 8.86. The van der Waals surface area contributed by atoms with Crippen LogP contribution in [0.25, 0.3) is 11.3 Å². The Hall–Kier alpha value is -2.57. The van der Waals surface area contributed by atoms with Crippen molar-refractivity contribution in [3.05, 3.63) is 58.9 Å². The molecule has 0 aliphatic carbocycles. The maximum Gasteiger partial charge on any atom is 0.270 e. The normalized spacial score (nSPS) is 15.6. The summed E-state index contributed by atoms with van der Waals surface area (Å²) in [6.07, 6.45) is -0.720. The number of nitrogens with zero attached hydrogens (tertiary/aromatic N) is 1. The molecule has 0 bridgehead atoms. The summed E-state index contributed by atoms with van der Waals surface area (Å²) in [6, 6.07) is 14.7. The van der Waals surface area contributed by atoms with Crippen LogP contribution in [0.2, 0.25) is 5.02 Å². The van der Waals surface area contributed by atoms with Crippen molar-refractivity contribution in [3.63, 3.8) is 0 Å². The largest absolute Gasteiger partial charge is 0.485 e. The second-order valence-electron chi connectivity index (χ2n) is 5.37. The van der Waals surface area contributed by atoms with Crippen LogP contribution >= 0.6 is 22.9 Å². The molecule has 7 heteroatoms. The van der Waals surface area contributed by atoms with Crippen molar-refractivity contribution in [2.24, 2.45) is 0 Å². The number of fused-ring (bicyclic) bond motifs is 1. The summed E-state index contributed by atoms with van der Waals surface area (Å²) in [6.45, 7) is 0.158. The first kappa shape index (κ1) is 15.9. The highest BCUT2D eigenvalue weighted by atomic mass is 35.5. The van der Waals surface area contributed by atoms with Crippen LogP contribution in [-0.2, 0) is 4.79 Å². The van der Waals surface area contributed by atoms with E-state index in [4.69, 9.17) is 21.1 Å². The van der Waals surface area contributed by atoms with Crippen molar-refractivity contribution in [2.75, 3.05) is 11.9 Å². The molecule has 1 atom stereocenters. The standard InChI is InChI=1S/C18H13ClN2O3S/c19-12-6-2-1-5-11(12)13-10-25-18(20-13)21-17(22)16-9-23-14-7-3-4-8-15(14)24-16/h1-8,10,16H,9H2,(H,20,21,22)/t16-/m0/s1. The van der Waals surface area contributed by atoms with Gasteiger partial charge in [-0.3, -0.25) is 10.1 Å². The second-order valence-corrected chi connectivity index (χ2v) is 6.64. The van der Waals surface area contributed by atoms with Gasteiger partial charge in [-0.1, -0.05) is 41.9 Å². The van der Waals surface area contributed by atoms with Crippen molar-refractivity contribution in [3.8, 4) is 22.8 Å². The van der Waals surface area contributed by atoms with Crippen LogP contribution in [0.3, 0.4) is 0 Å². The zero-order valence-electron chi connectivity index (χ0n) is 12.9. The van der Waals surface area contributed by atoms with E-state index in [9.17, 15) is 4.79 Å². The van der Waals surface area contributed by atoms with E-state index in [0.717, 1.165) is 11.3 Å². The van der Waals surface area contributed by atoms with Gasteiger partial charge in [0.05, 0.1) is 5.69 Å². The van der Waals surface area contributed by atoms with Crippen LogP contribution in [0.5, 0.6) is 11.5 Å². The number of nitrogens with one attached hydrogen (secondary N) is 1. The van der Waals surface area contributed by atoms with Gasteiger partial charge >= 0.3 is 0 Å². The third-order valence-corrected chi connectivity index (χ3v) is 4.77. The lowest BCUT2D eigenvalue weighted by Gasteiger charge is -2.25. The van der Waals surface area contributed by atoms with Gasteiger partial charge in [0.1, 0.15) is 6.61 Å². The number of hydrogen-bond donors (Lipinski definition) is 1. The Bertz CT molecular complexity index is 928. The number of hydrogen-bond acceptors (Lipinski definition) is 5. The number of anilines is 1. The molecule has 2 heterocycles. The van der Waals surface area contributed by atoms with E-state index in [0.29, 0.717) is 21.7 Å².